The van der Waals surface area contributed by atoms with Gasteiger partial charge in [0.25, 0.3) is 0 Å². The zero-order valence-electron chi connectivity index (χ0n) is 19.1. The van der Waals surface area contributed by atoms with E-state index in [0.717, 1.165) is 35.9 Å². The second kappa shape index (κ2) is 11.8. The first-order valence-electron chi connectivity index (χ1n) is 10.9. The molecule has 3 rings (SSSR count). The fourth-order valence-corrected chi connectivity index (χ4v) is 4.00. The molecule has 8 nitrogen and oxygen atoms in total. The Bertz CT molecular complexity index is 1120. The third-order valence-corrected chi connectivity index (χ3v) is 5.57. The molecule has 1 amide bonds. The van der Waals surface area contributed by atoms with Gasteiger partial charge >= 0.3 is 5.91 Å². The molecule has 0 unspecified atom stereocenters. The molecular weight excluding hydrogens is 488 g/mol. The molecule has 176 valence electrons. The maximum absolute atomic E-state index is 12.3. The lowest BCUT2D eigenvalue weighted by Crippen LogP contribution is -2.27. The number of amides is 1. The van der Waals surface area contributed by atoms with Gasteiger partial charge in [-0.1, -0.05) is 41.9 Å². The molecule has 0 bridgehead atoms. The van der Waals surface area contributed by atoms with Crippen LogP contribution in [0, 0.1) is 0 Å². The van der Waals surface area contributed by atoms with Gasteiger partial charge in [0.1, 0.15) is 0 Å². The van der Waals surface area contributed by atoms with Crippen LogP contribution in [0.3, 0.4) is 0 Å². The number of halogens is 1. The minimum absolute atomic E-state index is 0.0255. The van der Waals surface area contributed by atoms with E-state index in [4.69, 9.17) is 9.47 Å². The highest BCUT2D eigenvalue weighted by Gasteiger charge is 2.19. The number of hydrogen-bond acceptors (Lipinski definition) is 6. The Morgan fingerprint density at radius 3 is 2.48 bits per heavy atom. The van der Waals surface area contributed by atoms with Crippen LogP contribution in [0.1, 0.15) is 26.7 Å². The van der Waals surface area contributed by atoms with E-state index in [9.17, 15) is 9.90 Å². The van der Waals surface area contributed by atoms with E-state index in [2.05, 4.69) is 44.9 Å². The van der Waals surface area contributed by atoms with Crippen LogP contribution in [-0.4, -0.2) is 47.3 Å². The monoisotopic (exact) mass is 516 g/mol. The standard InChI is InChI=1S/C24H29BrN4O4/c1-4-12-28(13-5-2)16-29-19-11-10-17(25)14-18(19)23(24(29)31)27-26-22(30)15-33-21-9-7-6-8-20(21)32-3/h6-11,14,31H,4-5,12-13,15-16H2,1-3H3. The van der Waals surface area contributed by atoms with Gasteiger partial charge in [-0.15, -0.1) is 10.2 Å². The summed E-state index contributed by atoms with van der Waals surface area (Å²) in [7, 11) is 1.53. The first kappa shape index (κ1) is 24.7. The number of para-hydroxylation sites is 2. The summed E-state index contributed by atoms with van der Waals surface area (Å²) in [5.41, 5.74) is 1.07. The molecule has 0 fully saturated rings. The predicted molar refractivity (Wildman–Crippen MR) is 131 cm³/mol. The molecule has 33 heavy (non-hydrogen) atoms. The largest absolute Gasteiger partial charge is 0.493 e. The summed E-state index contributed by atoms with van der Waals surface area (Å²) in [4.78, 5) is 14.6. The van der Waals surface area contributed by atoms with Crippen LogP contribution in [0.15, 0.2) is 57.2 Å². The Morgan fingerprint density at radius 1 is 1.12 bits per heavy atom. The van der Waals surface area contributed by atoms with Gasteiger partial charge in [-0.3, -0.25) is 14.3 Å². The van der Waals surface area contributed by atoms with Crippen molar-refractivity contribution in [3.63, 3.8) is 0 Å². The van der Waals surface area contributed by atoms with Gasteiger partial charge in [0.15, 0.2) is 23.8 Å². The maximum Gasteiger partial charge on any atom is 0.302 e. The summed E-state index contributed by atoms with van der Waals surface area (Å²) in [6.45, 7) is 6.31. The van der Waals surface area contributed by atoms with E-state index in [0.29, 0.717) is 23.6 Å². The minimum Gasteiger partial charge on any atom is -0.493 e. The lowest BCUT2D eigenvalue weighted by atomic mass is 10.2. The van der Waals surface area contributed by atoms with Gasteiger partial charge in [-0.05, 0) is 56.3 Å². The molecule has 0 aliphatic heterocycles. The number of fused-ring (bicyclic) bond motifs is 1. The number of rotatable bonds is 11. The Labute approximate surface area is 201 Å². The summed E-state index contributed by atoms with van der Waals surface area (Å²) in [5.74, 6) is 0.368. The molecular formula is C24H29BrN4O4. The second-order valence-corrected chi connectivity index (χ2v) is 8.47. The number of carbonyl (C=O) groups excluding carboxylic acids is 1. The van der Waals surface area contributed by atoms with Gasteiger partial charge in [0, 0.05) is 9.86 Å². The van der Waals surface area contributed by atoms with Crippen LogP contribution < -0.4 is 9.47 Å². The number of carbonyl (C=O) groups is 1. The SMILES string of the molecule is CCCN(CCC)Cn1c(O)c(N=NC(=O)COc2ccccc2OC)c2cc(Br)ccc21. The average molecular weight is 517 g/mol. The van der Waals surface area contributed by atoms with Crippen molar-refractivity contribution in [1.82, 2.24) is 9.47 Å². The summed E-state index contributed by atoms with van der Waals surface area (Å²) in [6, 6.07) is 12.7. The smallest absolute Gasteiger partial charge is 0.302 e. The quantitative estimate of drug-likeness (QED) is 0.321. The normalized spacial score (nSPS) is 11.5. The zero-order valence-corrected chi connectivity index (χ0v) is 20.7. The van der Waals surface area contributed by atoms with E-state index in [1.807, 2.05) is 24.3 Å². The van der Waals surface area contributed by atoms with E-state index < -0.39 is 5.91 Å². The minimum atomic E-state index is -0.574. The highest BCUT2D eigenvalue weighted by atomic mass is 79.9. The van der Waals surface area contributed by atoms with Crippen LogP contribution in [0.5, 0.6) is 17.4 Å². The number of methoxy groups -OCH3 is 1. The average Bonchev–Trinajstić information content (AvgIpc) is 3.06. The van der Waals surface area contributed by atoms with Crippen molar-refractivity contribution in [2.75, 3.05) is 26.8 Å². The highest BCUT2D eigenvalue weighted by molar-refractivity contribution is 9.10. The molecule has 0 atom stereocenters. The van der Waals surface area contributed by atoms with Crippen molar-refractivity contribution < 1.29 is 19.4 Å². The molecule has 2 aromatic carbocycles. The second-order valence-electron chi connectivity index (χ2n) is 7.55. The number of benzene rings is 2. The Morgan fingerprint density at radius 2 is 1.82 bits per heavy atom. The molecule has 1 aromatic heterocycles. The summed E-state index contributed by atoms with van der Waals surface area (Å²) in [5, 5.41) is 19.6. The Balaban J connectivity index is 1.84. The maximum atomic E-state index is 12.3. The lowest BCUT2D eigenvalue weighted by molar-refractivity contribution is -0.120. The first-order valence-corrected chi connectivity index (χ1v) is 11.7. The molecule has 3 aromatic rings. The van der Waals surface area contributed by atoms with Crippen LogP contribution in [0.2, 0.25) is 0 Å². The molecule has 1 heterocycles. The molecule has 0 aliphatic carbocycles. The number of nitrogens with zero attached hydrogens (tertiary/aromatic N) is 4. The van der Waals surface area contributed by atoms with Crippen molar-refractivity contribution in [3.8, 4) is 17.4 Å². The predicted octanol–water partition coefficient (Wildman–Crippen LogP) is 5.89. The Hall–Kier alpha value is -2.91. The van der Waals surface area contributed by atoms with E-state index in [1.165, 1.54) is 7.11 Å². The molecule has 0 saturated heterocycles. The molecule has 0 aliphatic rings. The van der Waals surface area contributed by atoms with Crippen molar-refractivity contribution in [2.45, 2.75) is 33.4 Å². The van der Waals surface area contributed by atoms with Crippen LogP contribution in [-0.2, 0) is 11.5 Å². The molecule has 0 saturated carbocycles. The van der Waals surface area contributed by atoms with Crippen molar-refractivity contribution in [1.29, 1.82) is 0 Å². The van der Waals surface area contributed by atoms with Gasteiger partial charge in [-0.2, -0.15) is 0 Å². The lowest BCUT2D eigenvalue weighted by Gasteiger charge is -2.22. The number of hydrogen-bond donors (Lipinski definition) is 1. The van der Waals surface area contributed by atoms with Gasteiger partial charge in [-0.25, -0.2) is 0 Å². The number of ether oxygens (including phenoxy) is 2. The molecule has 9 heteroatoms. The van der Waals surface area contributed by atoms with E-state index in [-0.39, 0.29) is 18.2 Å². The fraction of sp³-hybridized carbons (Fsp3) is 0.375. The number of azo groups is 1. The van der Waals surface area contributed by atoms with Crippen molar-refractivity contribution in [2.24, 2.45) is 10.2 Å². The highest BCUT2D eigenvalue weighted by Crippen LogP contribution is 2.40. The first-order chi connectivity index (χ1) is 16.0. The third-order valence-electron chi connectivity index (χ3n) is 5.07. The van der Waals surface area contributed by atoms with Crippen LogP contribution in [0.25, 0.3) is 10.9 Å². The summed E-state index contributed by atoms with van der Waals surface area (Å²) >= 11 is 3.47. The zero-order chi connectivity index (χ0) is 23.8. The van der Waals surface area contributed by atoms with Gasteiger partial charge in [0.2, 0.25) is 5.88 Å². The van der Waals surface area contributed by atoms with Crippen molar-refractivity contribution >= 4 is 38.4 Å². The third kappa shape index (κ3) is 6.11. The molecule has 1 N–H and O–H groups in total. The molecule has 0 radical (unpaired) electrons. The van der Waals surface area contributed by atoms with E-state index in [1.54, 1.807) is 22.8 Å². The summed E-state index contributed by atoms with van der Waals surface area (Å²) in [6.07, 6.45) is 2.03. The Kier molecular flexibility index (Phi) is 8.85. The van der Waals surface area contributed by atoms with E-state index >= 15 is 0 Å². The van der Waals surface area contributed by atoms with Crippen LogP contribution >= 0.6 is 15.9 Å². The van der Waals surface area contributed by atoms with Gasteiger partial charge in [0.05, 0.1) is 19.3 Å². The number of aromatic nitrogens is 1. The fourth-order valence-electron chi connectivity index (χ4n) is 3.64. The number of aromatic hydroxyl groups is 1. The van der Waals surface area contributed by atoms with Crippen molar-refractivity contribution in [3.05, 3.63) is 46.9 Å². The van der Waals surface area contributed by atoms with Gasteiger partial charge < -0.3 is 14.6 Å². The van der Waals surface area contributed by atoms with Crippen LogP contribution in [0.4, 0.5) is 5.69 Å². The molecule has 0 spiro atoms. The summed E-state index contributed by atoms with van der Waals surface area (Å²) < 4.78 is 13.4. The topological polar surface area (TPSA) is 88.7 Å².